The van der Waals surface area contributed by atoms with Gasteiger partial charge in [-0.2, -0.15) is 26.3 Å². The minimum Gasteiger partial charge on any atom is -0.423 e. The second kappa shape index (κ2) is 13.8. The maximum atomic E-state index is 13.2. The van der Waals surface area contributed by atoms with Crippen LogP contribution in [0.25, 0.3) is 5.57 Å². The van der Waals surface area contributed by atoms with E-state index >= 15 is 0 Å². The Morgan fingerprint density at radius 3 is 1.44 bits per heavy atom. The molecular weight excluding hydrogens is 718 g/mol. The van der Waals surface area contributed by atoms with Gasteiger partial charge >= 0.3 is 19.5 Å². The van der Waals surface area contributed by atoms with Crippen LogP contribution in [-0.2, 0) is 0 Å². The lowest BCUT2D eigenvalue weighted by molar-refractivity contribution is -0.0871. The smallest absolute Gasteiger partial charge is 0.423 e. The predicted octanol–water partition coefficient (Wildman–Crippen LogP) is 8.84. The van der Waals surface area contributed by atoms with Crippen molar-refractivity contribution in [2.45, 2.75) is 12.4 Å². The van der Waals surface area contributed by atoms with Crippen molar-refractivity contribution < 1.29 is 54.0 Å². The van der Waals surface area contributed by atoms with E-state index in [9.17, 15) is 43.9 Å². The molecule has 0 atom stereocenters. The monoisotopic (exact) mass is 724 g/mol. The molecule has 200 valence electrons. The Morgan fingerprint density at radius 2 is 1.11 bits per heavy atom. The fourth-order valence-corrected chi connectivity index (χ4v) is 3.47. The minimum atomic E-state index is -4.84. The van der Waals surface area contributed by atoms with E-state index in [2.05, 4.69) is 13.2 Å². The van der Waals surface area contributed by atoms with E-state index in [0.717, 1.165) is 0 Å². The zero-order valence-corrected chi connectivity index (χ0v) is 21.9. The molecule has 0 radical (unpaired) electrons. The lowest BCUT2D eigenvalue weighted by Gasteiger charge is -2.12. The highest BCUT2D eigenvalue weighted by Crippen LogP contribution is 2.38. The van der Waals surface area contributed by atoms with Crippen LogP contribution in [0.5, 0.6) is 0 Å². The molecule has 18 heteroatoms. The number of hydrogen-bond donors (Lipinski definition) is 2. The van der Waals surface area contributed by atoms with Crippen molar-refractivity contribution in [1.82, 2.24) is 0 Å². The molecule has 0 saturated carbocycles. The summed E-state index contributed by atoms with van der Waals surface area (Å²) in [5, 5.41) is 13.3. The molecule has 0 aliphatic carbocycles. The number of rotatable bonds is 2. The first-order valence-electron chi connectivity index (χ1n) is 8.25. The Labute approximate surface area is 230 Å². The van der Waals surface area contributed by atoms with Crippen LogP contribution in [-0.4, -0.2) is 29.5 Å². The summed E-state index contributed by atoms with van der Waals surface area (Å²) in [7, 11) is -2.51. The molecule has 2 rings (SSSR count). The molecule has 2 aromatic carbocycles. The topological polar surface area (TPSA) is 40.5 Å². The van der Waals surface area contributed by atoms with Crippen molar-refractivity contribution >= 4 is 81.7 Å². The SMILES string of the molecule is C=C(B(O)O)C(F)(F)F.C=C(c1cc(Cl)c(F)c(Cl)c1F)C(F)(F)F.Fc1c(Cl)cc(I)c(F)c1Cl. The fraction of sp³-hybridized carbons (Fsp3) is 0.111. The van der Waals surface area contributed by atoms with Gasteiger partial charge in [0.1, 0.15) is 10.0 Å². The van der Waals surface area contributed by atoms with Gasteiger partial charge in [-0.25, -0.2) is 17.6 Å². The molecule has 0 bridgehead atoms. The van der Waals surface area contributed by atoms with Crippen LogP contribution in [0.2, 0.25) is 20.1 Å². The van der Waals surface area contributed by atoms with E-state index in [0.29, 0.717) is 6.07 Å². The Hall–Kier alpha value is -0.905. The quantitative estimate of drug-likeness (QED) is 0.107. The van der Waals surface area contributed by atoms with Gasteiger partial charge in [-0.3, -0.25) is 0 Å². The van der Waals surface area contributed by atoms with Crippen LogP contribution in [0.1, 0.15) is 5.56 Å². The lowest BCUT2D eigenvalue weighted by atomic mass is 9.80. The van der Waals surface area contributed by atoms with Gasteiger partial charge in [0.15, 0.2) is 23.3 Å². The Balaban J connectivity index is 0.000000538. The van der Waals surface area contributed by atoms with Crippen LogP contribution in [0, 0.1) is 26.8 Å². The Bertz CT molecular complexity index is 1110. The third-order valence-corrected chi connectivity index (χ3v) is 5.50. The summed E-state index contributed by atoms with van der Waals surface area (Å²) < 4.78 is 122. The molecule has 2 N–H and O–H groups in total. The van der Waals surface area contributed by atoms with Crippen LogP contribution in [0.4, 0.5) is 43.9 Å². The molecule has 0 fully saturated rings. The van der Waals surface area contributed by atoms with Gasteiger partial charge in [0.2, 0.25) is 0 Å². The predicted molar refractivity (Wildman–Crippen MR) is 126 cm³/mol. The molecule has 0 amide bonds. The maximum absolute atomic E-state index is 13.2. The largest absolute Gasteiger partial charge is 0.492 e. The standard InChI is InChI=1S/C9H3Cl2F5.C6HCl2F2I.C3H4BF3O2/c1-3(9(14,15)16)4-2-5(10)8(13)6(11)7(4)12;7-2-1-3(11)6(10)4(8)5(2)9;1-2(4(8)9)3(5,6)7/h2H,1H2;1H;8-9H,1H2. The van der Waals surface area contributed by atoms with Crippen LogP contribution >= 0.6 is 69.0 Å². The number of halogens is 15. The second-order valence-electron chi connectivity index (χ2n) is 6.00. The third-order valence-electron chi connectivity index (χ3n) is 3.50. The average molecular weight is 726 g/mol. The van der Waals surface area contributed by atoms with E-state index in [1.165, 1.54) is 6.07 Å². The third kappa shape index (κ3) is 9.76. The molecule has 0 aliphatic rings. The van der Waals surface area contributed by atoms with Gasteiger partial charge in [-0.15, -0.1) is 0 Å². The number of benzene rings is 2. The van der Waals surface area contributed by atoms with Crippen LogP contribution in [0.15, 0.2) is 30.8 Å². The Kier molecular flexibility index (Phi) is 13.4. The minimum absolute atomic E-state index is 0.166. The summed E-state index contributed by atoms with van der Waals surface area (Å²) in [6.07, 6.45) is -9.56. The Morgan fingerprint density at radius 1 is 0.722 bits per heavy atom. The molecule has 0 heterocycles. The van der Waals surface area contributed by atoms with Crippen molar-refractivity contribution in [1.29, 1.82) is 0 Å². The first-order chi connectivity index (χ1) is 16.0. The summed E-state index contributed by atoms with van der Waals surface area (Å²) >= 11 is 22.7. The highest BCUT2D eigenvalue weighted by atomic mass is 127. The summed E-state index contributed by atoms with van der Waals surface area (Å²) in [5.41, 5.74) is -4.00. The number of alkyl halides is 6. The second-order valence-corrected chi connectivity index (χ2v) is 8.74. The molecule has 0 unspecified atom stereocenters. The molecule has 2 aromatic rings. The molecule has 2 nitrogen and oxygen atoms in total. The maximum Gasteiger partial charge on any atom is 0.492 e. The van der Waals surface area contributed by atoms with Gasteiger partial charge in [-0.1, -0.05) is 59.6 Å². The van der Waals surface area contributed by atoms with E-state index in [4.69, 9.17) is 56.5 Å². The summed E-state index contributed by atoms with van der Waals surface area (Å²) in [5.74, 6) is -4.52. The number of allylic oxidation sites excluding steroid dienone is 2. The fourth-order valence-electron chi connectivity index (χ4n) is 1.64. The van der Waals surface area contributed by atoms with Crippen LogP contribution in [0.3, 0.4) is 0 Å². The van der Waals surface area contributed by atoms with E-state index < -0.39 is 74.4 Å². The van der Waals surface area contributed by atoms with Crippen molar-refractivity contribution in [3.63, 3.8) is 0 Å². The first-order valence-corrected chi connectivity index (χ1v) is 10.8. The van der Waals surface area contributed by atoms with Crippen molar-refractivity contribution in [3.8, 4) is 0 Å². The van der Waals surface area contributed by atoms with Crippen molar-refractivity contribution in [2.75, 3.05) is 0 Å². The van der Waals surface area contributed by atoms with Crippen molar-refractivity contribution in [2.24, 2.45) is 0 Å². The molecule has 0 aromatic heterocycles. The summed E-state index contributed by atoms with van der Waals surface area (Å²) in [6.45, 7) is 5.06. The normalized spacial score (nSPS) is 11.1. The van der Waals surface area contributed by atoms with Gasteiger partial charge < -0.3 is 10.0 Å². The highest BCUT2D eigenvalue weighted by molar-refractivity contribution is 14.1. The van der Waals surface area contributed by atoms with Gasteiger partial charge in [-0.05, 0) is 34.7 Å². The van der Waals surface area contributed by atoms with Crippen LogP contribution < -0.4 is 0 Å². The molecule has 0 spiro atoms. The van der Waals surface area contributed by atoms with Gasteiger partial charge in [0.05, 0.1) is 24.7 Å². The highest BCUT2D eigenvalue weighted by Gasteiger charge is 2.38. The molecule has 0 aliphatic heterocycles. The van der Waals surface area contributed by atoms with E-state index in [1.807, 2.05) is 0 Å². The van der Waals surface area contributed by atoms with Gasteiger partial charge in [0, 0.05) is 5.56 Å². The summed E-state index contributed by atoms with van der Waals surface area (Å²) in [4.78, 5) is 0. The lowest BCUT2D eigenvalue weighted by Crippen LogP contribution is -2.26. The number of hydrogen-bond acceptors (Lipinski definition) is 2. The van der Waals surface area contributed by atoms with E-state index in [1.54, 1.807) is 22.6 Å². The van der Waals surface area contributed by atoms with Gasteiger partial charge in [0.25, 0.3) is 0 Å². The first kappa shape index (κ1) is 35.1. The average Bonchev–Trinajstić information content (AvgIpc) is 2.75. The zero-order valence-electron chi connectivity index (χ0n) is 16.7. The molecule has 36 heavy (non-hydrogen) atoms. The molecular formula is C18H8BCl4F10IO2. The zero-order chi connectivity index (χ0) is 28.9. The summed E-state index contributed by atoms with van der Waals surface area (Å²) in [6, 6.07) is 1.67. The van der Waals surface area contributed by atoms with Crippen molar-refractivity contribution in [3.05, 3.63) is 83.3 Å². The van der Waals surface area contributed by atoms with E-state index in [-0.39, 0.29) is 8.59 Å². The molecule has 0 saturated heterocycles.